The molecule has 1 aliphatic rings. The van der Waals surface area contributed by atoms with Gasteiger partial charge in [-0.3, -0.25) is 4.79 Å². The van der Waals surface area contributed by atoms with E-state index in [1.807, 2.05) is 39.0 Å². The van der Waals surface area contributed by atoms with Gasteiger partial charge < -0.3 is 14.8 Å². The number of fused-ring (bicyclic) bond motifs is 1. The predicted molar refractivity (Wildman–Crippen MR) is 118 cm³/mol. The van der Waals surface area contributed by atoms with Gasteiger partial charge in [0.25, 0.3) is 0 Å². The predicted octanol–water partition coefficient (Wildman–Crippen LogP) is 5.74. The third kappa shape index (κ3) is 5.11. The molecule has 1 aliphatic carbocycles. The van der Waals surface area contributed by atoms with Crippen molar-refractivity contribution >= 4 is 11.7 Å². The fourth-order valence-electron chi connectivity index (χ4n) is 3.77. The van der Waals surface area contributed by atoms with Crippen LogP contribution in [0.15, 0.2) is 36.4 Å². The molecule has 0 radical (unpaired) electrons. The Bertz CT molecular complexity index is 880. The van der Waals surface area contributed by atoms with E-state index in [0.717, 1.165) is 30.7 Å². The summed E-state index contributed by atoms with van der Waals surface area (Å²) < 4.78 is 11.0. The summed E-state index contributed by atoms with van der Waals surface area (Å²) in [5.74, 6) is 1.78. The van der Waals surface area contributed by atoms with E-state index in [-0.39, 0.29) is 5.97 Å². The van der Waals surface area contributed by atoms with Gasteiger partial charge in [0.2, 0.25) is 0 Å². The summed E-state index contributed by atoms with van der Waals surface area (Å²) in [6, 6.07) is 12.8. The highest BCUT2D eigenvalue weighted by Gasteiger charge is 2.26. The minimum Gasteiger partial charge on any atom is -0.497 e. The van der Waals surface area contributed by atoms with Gasteiger partial charge in [-0.15, -0.1) is 0 Å². The zero-order valence-corrected chi connectivity index (χ0v) is 18.5. The molecule has 4 nitrogen and oxygen atoms in total. The first-order valence-electron chi connectivity index (χ1n) is 10.5. The Morgan fingerprint density at radius 2 is 1.79 bits per heavy atom. The van der Waals surface area contributed by atoms with E-state index in [1.54, 1.807) is 7.11 Å². The molecule has 29 heavy (non-hydrogen) atoms. The Morgan fingerprint density at radius 3 is 2.45 bits per heavy atom. The number of esters is 1. The topological polar surface area (TPSA) is 47.6 Å². The molecule has 1 unspecified atom stereocenters. The van der Waals surface area contributed by atoms with Crippen LogP contribution in [0.5, 0.6) is 11.5 Å². The van der Waals surface area contributed by atoms with Crippen LogP contribution in [0.25, 0.3) is 0 Å². The number of aryl methyl sites for hydroxylation is 1. The smallest absolute Gasteiger partial charge is 0.316 e. The molecule has 0 saturated heterocycles. The van der Waals surface area contributed by atoms with E-state index in [0.29, 0.717) is 17.7 Å². The SMILES string of the molecule is COc1ccc(C2CCc3cc(OC(=O)C(C)(C)C)ccc3C2)c(NC(C)C)c1. The lowest BCUT2D eigenvalue weighted by molar-refractivity contribution is -0.143. The summed E-state index contributed by atoms with van der Waals surface area (Å²) in [5.41, 5.74) is 4.61. The lowest BCUT2D eigenvalue weighted by Crippen LogP contribution is -2.25. The Hall–Kier alpha value is -2.49. The van der Waals surface area contributed by atoms with Gasteiger partial charge in [-0.2, -0.15) is 0 Å². The minimum atomic E-state index is -0.505. The third-order valence-electron chi connectivity index (χ3n) is 5.37. The molecule has 0 bridgehead atoms. The molecule has 2 aromatic carbocycles. The lowest BCUT2D eigenvalue weighted by atomic mass is 9.79. The van der Waals surface area contributed by atoms with Crippen LogP contribution in [-0.4, -0.2) is 19.1 Å². The molecule has 0 heterocycles. The summed E-state index contributed by atoms with van der Waals surface area (Å²) in [6.07, 6.45) is 3.04. The first-order chi connectivity index (χ1) is 13.7. The van der Waals surface area contributed by atoms with Crippen LogP contribution in [0.2, 0.25) is 0 Å². The van der Waals surface area contributed by atoms with E-state index in [4.69, 9.17) is 9.47 Å². The molecular formula is C25H33NO3. The second kappa shape index (κ2) is 8.48. The minimum absolute atomic E-state index is 0.200. The number of anilines is 1. The molecule has 1 N–H and O–H groups in total. The Kier molecular flexibility index (Phi) is 6.21. The van der Waals surface area contributed by atoms with Gasteiger partial charge in [0, 0.05) is 17.8 Å². The second-order valence-electron chi connectivity index (χ2n) is 9.26. The summed E-state index contributed by atoms with van der Waals surface area (Å²) in [7, 11) is 1.70. The molecule has 0 aromatic heterocycles. The van der Waals surface area contributed by atoms with Gasteiger partial charge >= 0.3 is 5.97 Å². The molecule has 0 spiro atoms. The van der Waals surface area contributed by atoms with Crippen molar-refractivity contribution in [1.29, 1.82) is 0 Å². The number of hydrogen-bond acceptors (Lipinski definition) is 4. The Labute approximate surface area is 174 Å². The fraction of sp³-hybridized carbons (Fsp3) is 0.480. The van der Waals surface area contributed by atoms with Crippen LogP contribution in [0, 0.1) is 5.41 Å². The van der Waals surface area contributed by atoms with Crippen molar-refractivity contribution < 1.29 is 14.3 Å². The van der Waals surface area contributed by atoms with E-state index in [2.05, 4.69) is 37.4 Å². The largest absolute Gasteiger partial charge is 0.497 e. The zero-order valence-electron chi connectivity index (χ0n) is 18.5. The zero-order chi connectivity index (χ0) is 21.2. The van der Waals surface area contributed by atoms with Crippen LogP contribution >= 0.6 is 0 Å². The molecule has 0 amide bonds. The molecule has 3 rings (SSSR count). The molecule has 1 atom stereocenters. The van der Waals surface area contributed by atoms with E-state index >= 15 is 0 Å². The molecule has 0 saturated carbocycles. The van der Waals surface area contributed by atoms with Crippen LogP contribution in [0.4, 0.5) is 5.69 Å². The van der Waals surface area contributed by atoms with Crippen molar-refractivity contribution in [3.63, 3.8) is 0 Å². The van der Waals surface area contributed by atoms with Crippen molar-refractivity contribution in [2.24, 2.45) is 5.41 Å². The highest BCUT2D eigenvalue weighted by molar-refractivity contribution is 5.77. The molecular weight excluding hydrogens is 362 g/mol. The molecule has 2 aromatic rings. The normalized spacial score (nSPS) is 16.3. The van der Waals surface area contributed by atoms with Crippen LogP contribution < -0.4 is 14.8 Å². The number of methoxy groups -OCH3 is 1. The van der Waals surface area contributed by atoms with Gasteiger partial charge in [-0.25, -0.2) is 0 Å². The number of carbonyl (C=O) groups is 1. The van der Waals surface area contributed by atoms with Crippen molar-refractivity contribution in [1.82, 2.24) is 0 Å². The lowest BCUT2D eigenvalue weighted by Gasteiger charge is -2.28. The molecule has 0 fully saturated rings. The number of benzene rings is 2. The summed E-state index contributed by atoms with van der Waals surface area (Å²) in [5, 5.41) is 3.58. The van der Waals surface area contributed by atoms with Gasteiger partial charge in [0.15, 0.2) is 0 Å². The van der Waals surface area contributed by atoms with E-state index in [1.165, 1.54) is 16.7 Å². The van der Waals surface area contributed by atoms with E-state index in [9.17, 15) is 4.79 Å². The standard InChI is InChI=1S/C25H33NO3/c1-16(2)26-23-15-20(28-6)11-12-22(23)19-8-7-18-14-21(10-9-17(18)13-19)29-24(27)25(3,4)5/h9-12,14-16,19,26H,7-8,13H2,1-6H3. The monoisotopic (exact) mass is 395 g/mol. The van der Waals surface area contributed by atoms with Crippen LogP contribution in [0.3, 0.4) is 0 Å². The van der Waals surface area contributed by atoms with Gasteiger partial charge in [0.05, 0.1) is 12.5 Å². The summed E-state index contributed by atoms with van der Waals surface area (Å²) >= 11 is 0. The average molecular weight is 396 g/mol. The molecule has 156 valence electrons. The van der Waals surface area contributed by atoms with Crippen LogP contribution in [0.1, 0.15) is 63.6 Å². The quantitative estimate of drug-likeness (QED) is 0.518. The highest BCUT2D eigenvalue weighted by Crippen LogP contribution is 2.39. The average Bonchev–Trinajstić information content (AvgIpc) is 2.66. The molecule has 4 heteroatoms. The number of ether oxygens (including phenoxy) is 2. The first kappa shape index (κ1) is 21.2. The Balaban J connectivity index is 1.80. The van der Waals surface area contributed by atoms with Crippen molar-refractivity contribution in [3.05, 3.63) is 53.1 Å². The first-order valence-corrected chi connectivity index (χ1v) is 10.5. The maximum absolute atomic E-state index is 12.2. The summed E-state index contributed by atoms with van der Waals surface area (Å²) in [6.45, 7) is 9.92. The maximum Gasteiger partial charge on any atom is 0.316 e. The van der Waals surface area contributed by atoms with Crippen molar-refractivity contribution in [2.75, 3.05) is 12.4 Å². The third-order valence-corrected chi connectivity index (χ3v) is 5.37. The van der Waals surface area contributed by atoms with Gasteiger partial charge in [-0.05, 0) is 94.7 Å². The number of rotatable bonds is 5. The van der Waals surface area contributed by atoms with Crippen molar-refractivity contribution in [2.45, 2.75) is 65.8 Å². The second-order valence-corrected chi connectivity index (χ2v) is 9.26. The van der Waals surface area contributed by atoms with Gasteiger partial charge in [-0.1, -0.05) is 12.1 Å². The number of carbonyl (C=O) groups excluding carboxylic acids is 1. The number of hydrogen-bond donors (Lipinski definition) is 1. The molecule has 0 aliphatic heterocycles. The van der Waals surface area contributed by atoms with Gasteiger partial charge in [0.1, 0.15) is 11.5 Å². The maximum atomic E-state index is 12.2. The van der Waals surface area contributed by atoms with Crippen molar-refractivity contribution in [3.8, 4) is 11.5 Å². The Morgan fingerprint density at radius 1 is 1.07 bits per heavy atom. The highest BCUT2D eigenvalue weighted by atomic mass is 16.5. The number of nitrogens with one attached hydrogen (secondary N) is 1. The van der Waals surface area contributed by atoms with E-state index < -0.39 is 5.41 Å². The van der Waals surface area contributed by atoms with Crippen LogP contribution in [-0.2, 0) is 17.6 Å². The fourth-order valence-corrected chi connectivity index (χ4v) is 3.77. The summed E-state index contributed by atoms with van der Waals surface area (Å²) in [4.78, 5) is 12.2.